The summed E-state index contributed by atoms with van der Waals surface area (Å²) in [7, 11) is 0. The molecule has 0 atom stereocenters. The van der Waals surface area contributed by atoms with Crippen molar-refractivity contribution in [2.24, 2.45) is 0 Å². The molecular weight excluding hydrogens is 336 g/mol. The largest absolute Gasteiger partial charge is 0.468 e. The summed E-state index contributed by atoms with van der Waals surface area (Å²) in [6.07, 6.45) is 1.41. The first-order chi connectivity index (χ1) is 12.7. The maximum atomic E-state index is 12.3. The number of carbonyl (C=O) groups excluding carboxylic acids is 2. The average molecular weight is 352 g/mol. The Hall–Kier alpha value is -3.41. The third-order valence-electron chi connectivity index (χ3n) is 3.95. The van der Waals surface area contributed by atoms with Crippen molar-refractivity contribution in [2.75, 3.05) is 6.61 Å². The van der Waals surface area contributed by atoms with Crippen molar-refractivity contribution >= 4 is 23.9 Å². The molecule has 3 aromatic rings. The van der Waals surface area contributed by atoms with Crippen LogP contribution in [0.2, 0.25) is 0 Å². The molecule has 1 aromatic heterocycles. The van der Waals surface area contributed by atoms with Gasteiger partial charge in [-0.25, -0.2) is 4.79 Å². The second kappa shape index (κ2) is 8.11. The number of fused-ring (bicyclic) bond motifs is 1. The van der Waals surface area contributed by atoms with Crippen LogP contribution < -0.4 is 10.4 Å². The molecule has 132 valence electrons. The molecule has 6 nitrogen and oxygen atoms in total. The van der Waals surface area contributed by atoms with E-state index in [1.54, 1.807) is 30.3 Å². The quantitative estimate of drug-likeness (QED) is 0.352. The number of hydrogen-bond acceptors (Lipinski definition) is 6. The van der Waals surface area contributed by atoms with Crippen LogP contribution in [0.3, 0.4) is 0 Å². The Morgan fingerprint density at radius 2 is 1.77 bits per heavy atom. The lowest BCUT2D eigenvalue weighted by molar-refractivity contribution is -0.128. The van der Waals surface area contributed by atoms with E-state index in [0.717, 1.165) is 10.9 Å². The highest BCUT2D eigenvalue weighted by molar-refractivity contribution is 5.82. The first-order valence-electron chi connectivity index (χ1n) is 8.04. The monoisotopic (exact) mass is 352 g/mol. The summed E-state index contributed by atoms with van der Waals surface area (Å²) in [5.41, 5.74) is 2.17. The van der Waals surface area contributed by atoms with Crippen LogP contribution in [0.15, 0.2) is 57.7 Å². The fourth-order valence-electron chi connectivity index (χ4n) is 2.69. The highest BCUT2D eigenvalue weighted by atomic mass is 16.5. The van der Waals surface area contributed by atoms with E-state index in [1.165, 1.54) is 0 Å². The Morgan fingerprint density at radius 3 is 2.50 bits per heavy atom. The van der Waals surface area contributed by atoms with E-state index in [-0.39, 0.29) is 0 Å². The number of aryl methyl sites for hydroxylation is 1. The zero-order valence-electron chi connectivity index (χ0n) is 13.8. The summed E-state index contributed by atoms with van der Waals surface area (Å²) < 4.78 is 14.9. The van der Waals surface area contributed by atoms with Crippen LogP contribution in [0.1, 0.15) is 12.0 Å². The number of benzene rings is 2. The van der Waals surface area contributed by atoms with Crippen LogP contribution in [0.4, 0.5) is 0 Å². The summed E-state index contributed by atoms with van der Waals surface area (Å²) in [6, 6.07) is 14.0. The SMILES string of the molecule is O=COCCCc1ccc2cc(-c3ccc(OC=O)cc3)c(=O)oc2c1. The number of ether oxygens (including phenoxy) is 2. The molecule has 6 heteroatoms. The van der Waals surface area contributed by atoms with Gasteiger partial charge in [0.05, 0.1) is 12.2 Å². The van der Waals surface area contributed by atoms with Crippen molar-refractivity contribution in [3.8, 4) is 16.9 Å². The molecular formula is C20H16O6. The predicted octanol–water partition coefficient (Wildman–Crippen LogP) is 3.10. The van der Waals surface area contributed by atoms with Gasteiger partial charge in [-0.3, -0.25) is 9.59 Å². The highest BCUT2D eigenvalue weighted by Gasteiger charge is 2.09. The van der Waals surface area contributed by atoms with E-state index in [1.807, 2.05) is 18.2 Å². The van der Waals surface area contributed by atoms with Gasteiger partial charge < -0.3 is 13.9 Å². The topological polar surface area (TPSA) is 82.8 Å². The van der Waals surface area contributed by atoms with Gasteiger partial charge in [-0.1, -0.05) is 24.3 Å². The lowest BCUT2D eigenvalue weighted by Gasteiger charge is -2.06. The Balaban J connectivity index is 1.86. The van der Waals surface area contributed by atoms with E-state index in [2.05, 4.69) is 4.74 Å². The van der Waals surface area contributed by atoms with Gasteiger partial charge in [0.25, 0.3) is 12.9 Å². The Labute approximate surface area is 149 Å². The number of rotatable bonds is 8. The molecule has 0 amide bonds. The van der Waals surface area contributed by atoms with Crippen LogP contribution in [0.25, 0.3) is 22.1 Å². The van der Waals surface area contributed by atoms with Crippen LogP contribution in [0.5, 0.6) is 5.75 Å². The van der Waals surface area contributed by atoms with Gasteiger partial charge in [0.1, 0.15) is 11.3 Å². The van der Waals surface area contributed by atoms with Gasteiger partial charge in [-0.2, -0.15) is 0 Å². The second-order valence-electron chi connectivity index (χ2n) is 5.63. The fourth-order valence-corrected chi connectivity index (χ4v) is 2.69. The molecule has 0 radical (unpaired) electrons. The van der Waals surface area contributed by atoms with E-state index >= 15 is 0 Å². The number of hydrogen-bond donors (Lipinski definition) is 0. The summed E-state index contributed by atoms with van der Waals surface area (Å²) in [5.74, 6) is 0.400. The first-order valence-corrected chi connectivity index (χ1v) is 8.04. The fraction of sp³-hybridized carbons (Fsp3) is 0.150. The van der Waals surface area contributed by atoms with Crippen molar-refractivity contribution in [3.63, 3.8) is 0 Å². The normalized spacial score (nSPS) is 10.5. The molecule has 2 aromatic carbocycles. The van der Waals surface area contributed by atoms with Crippen molar-refractivity contribution in [1.29, 1.82) is 0 Å². The third kappa shape index (κ3) is 3.97. The van der Waals surface area contributed by atoms with Crippen LogP contribution >= 0.6 is 0 Å². The Bertz CT molecular complexity index is 972. The predicted molar refractivity (Wildman–Crippen MR) is 94.9 cm³/mol. The molecule has 3 rings (SSSR count). The van der Waals surface area contributed by atoms with Crippen molar-refractivity contribution in [2.45, 2.75) is 12.8 Å². The molecule has 0 unspecified atom stereocenters. The Morgan fingerprint density at radius 1 is 0.962 bits per heavy atom. The van der Waals surface area contributed by atoms with Gasteiger partial charge in [-0.15, -0.1) is 0 Å². The highest BCUT2D eigenvalue weighted by Crippen LogP contribution is 2.24. The average Bonchev–Trinajstić information content (AvgIpc) is 2.66. The molecule has 0 saturated heterocycles. The molecule has 0 spiro atoms. The van der Waals surface area contributed by atoms with Crippen LogP contribution in [-0.2, 0) is 20.7 Å². The molecule has 0 aliphatic carbocycles. The van der Waals surface area contributed by atoms with Crippen molar-refractivity contribution in [1.82, 2.24) is 0 Å². The minimum atomic E-state index is -0.442. The Kier molecular flexibility index (Phi) is 5.43. The zero-order valence-corrected chi connectivity index (χ0v) is 13.8. The van der Waals surface area contributed by atoms with Crippen molar-refractivity contribution < 1.29 is 23.5 Å². The standard InChI is InChI=1S/C20H16O6/c21-12-24-9-1-2-14-3-4-16-11-18(20(23)26-19(16)10-14)15-5-7-17(8-6-15)25-13-22/h3-8,10-13H,1-2,9H2. The summed E-state index contributed by atoms with van der Waals surface area (Å²) in [4.78, 5) is 32.8. The summed E-state index contributed by atoms with van der Waals surface area (Å²) >= 11 is 0. The van der Waals surface area contributed by atoms with Crippen molar-refractivity contribution in [3.05, 3.63) is 64.5 Å². The minimum Gasteiger partial charge on any atom is -0.468 e. The molecule has 0 saturated carbocycles. The lowest BCUT2D eigenvalue weighted by atomic mass is 10.0. The maximum Gasteiger partial charge on any atom is 0.344 e. The minimum absolute atomic E-state index is 0.349. The van der Waals surface area contributed by atoms with E-state index < -0.39 is 5.63 Å². The molecule has 0 aliphatic rings. The first kappa shape index (κ1) is 17.4. The molecule has 1 heterocycles. The van der Waals surface area contributed by atoms with Gasteiger partial charge in [0, 0.05) is 5.39 Å². The van der Waals surface area contributed by atoms with Gasteiger partial charge in [0.2, 0.25) is 0 Å². The van der Waals surface area contributed by atoms with Crippen LogP contribution in [0, 0.1) is 0 Å². The van der Waals surface area contributed by atoms with Crippen LogP contribution in [-0.4, -0.2) is 19.6 Å². The van der Waals surface area contributed by atoms with Gasteiger partial charge in [0.15, 0.2) is 0 Å². The third-order valence-corrected chi connectivity index (χ3v) is 3.95. The number of carbonyl (C=O) groups is 2. The molecule has 26 heavy (non-hydrogen) atoms. The second-order valence-corrected chi connectivity index (χ2v) is 5.63. The van der Waals surface area contributed by atoms with E-state index in [4.69, 9.17) is 9.15 Å². The maximum absolute atomic E-state index is 12.3. The van der Waals surface area contributed by atoms with E-state index in [9.17, 15) is 14.4 Å². The smallest absolute Gasteiger partial charge is 0.344 e. The molecule has 0 N–H and O–H groups in total. The van der Waals surface area contributed by atoms with Gasteiger partial charge >= 0.3 is 5.63 Å². The molecule has 0 aliphatic heterocycles. The summed E-state index contributed by atoms with van der Waals surface area (Å²) in [5, 5.41) is 0.806. The van der Waals surface area contributed by atoms with Gasteiger partial charge in [-0.05, 0) is 48.2 Å². The summed E-state index contributed by atoms with van der Waals surface area (Å²) in [6.45, 7) is 1.13. The zero-order chi connectivity index (χ0) is 18.4. The molecule has 0 bridgehead atoms. The molecule has 0 fully saturated rings. The van der Waals surface area contributed by atoms with E-state index in [0.29, 0.717) is 54.9 Å². The lowest BCUT2D eigenvalue weighted by Crippen LogP contribution is -2.03.